The van der Waals surface area contributed by atoms with Crippen molar-refractivity contribution in [1.29, 1.82) is 0 Å². The fourth-order valence-electron chi connectivity index (χ4n) is 2.65. The molecule has 1 atom stereocenters. The summed E-state index contributed by atoms with van der Waals surface area (Å²) in [7, 11) is 3.51. The first-order chi connectivity index (χ1) is 8.59. The third kappa shape index (κ3) is 1.38. The number of nitrogens with zero attached hydrogens (tertiary/aromatic N) is 2. The monoisotopic (exact) mass is 242 g/mol. The van der Waals surface area contributed by atoms with Crippen molar-refractivity contribution in [3.63, 3.8) is 0 Å². The van der Waals surface area contributed by atoms with Gasteiger partial charge in [-0.05, 0) is 11.6 Å². The summed E-state index contributed by atoms with van der Waals surface area (Å²) in [6.07, 6.45) is 2.24. The Morgan fingerprint density at radius 3 is 2.56 bits per heavy atom. The van der Waals surface area contributed by atoms with Gasteiger partial charge in [0.25, 0.3) is 0 Å². The first-order valence-corrected chi connectivity index (χ1v) is 5.94. The lowest BCUT2D eigenvalue weighted by Crippen LogP contribution is -2.25. The number of rotatable bonds is 1. The molecule has 18 heavy (non-hydrogen) atoms. The average molecular weight is 242 g/mol. The van der Waals surface area contributed by atoms with Crippen LogP contribution in [0.15, 0.2) is 30.5 Å². The van der Waals surface area contributed by atoms with E-state index < -0.39 is 0 Å². The Morgan fingerprint density at radius 1 is 1.17 bits per heavy atom. The number of aryl methyl sites for hydroxylation is 1. The number of benzene rings is 1. The number of para-hydroxylation sites is 1. The smallest absolute Gasteiger partial charge is 0.237 e. The number of imide groups is 1. The number of amides is 2. The second-order valence-electron chi connectivity index (χ2n) is 4.76. The summed E-state index contributed by atoms with van der Waals surface area (Å²) in [6.45, 7) is 0. The Balaban J connectivity index is 2.16. The van der Waals surface area contributed by atoms with Crippen LogP contribution in [0.4, 0.5) is 0 Å². The summed E-state index contributed by atoms with van der Waals surface area (Å²) in [4.78, 5) is 24.9. The standard InChI is InChI=1S/C14H14N2O2/c1-15-8-11(9-5-3-4-6-12(9)15)10-7-13(17)16(2)14(10)18/h3-6,8,10H,7H2,1-2H3. The van der Waals surface area contributed by atoms with Gasteiger partial charge in [0.1, 0.15) is 0 Å². The Labute approximate surface area is 105 Å². The molecule has 1 aliphatic heterocycles. The number of fused-ring (bicyclic) bond motifs is 1. The van der Waals surface area contributed by atoms with E-state index in [1.165, 1.54) is 4.90 Å². The molecular formula is C14H14N2O2. The Hall–Kier alpha value is -2.10. The van der Waals surface area contributed by atoms with Crippen LogP contribution >= 0.6 is 0 Å². The maximum atomic E-state index is 12.1. The van der Waals surface area contributed by atoms with Crippen LogP contribution in [0.3, 0.4) is 0 Å². The second-order valence-corrected chi connectivity index (χ2v) is 4.76. The molecule has 4 heteroatoms. The summed E-state index contributed by atoms with van der Waals surface area (Å²) in [5, 5.41) is 1.06. The highest BCUT2D eigenvalue weighted by Crippen LogP contribution is 2.34. The SMILES string of the molecule is CN1C(=O)CC(c2cn(C)c3ccccc23)C1=O. The van der Waals surface area contributed by atoms with Gasteiger partial charge in [-0.2, -0.15) is 0 Å². The van der Waals surface area contributed by atoms with Crippen LogP contribution in [-0.4, -0.2) is 28.3 Å². The van der Waals surface area contributed by atoms with Crippen molar-refractivity contribution in [2.45, 2.75) is 12.3 Å². The van der Waals surface area contributed by atoms with Crippen molar-refractivity contribution in [2.75, 3.05) is 7.05 Å². The summed E-state index contributed by atoms with van der Waals surface area (Å²) < 4.78 is 2.00. The van der Waals surface area contributed by atoms with Gasteiger partial charge < -0.3 is 4.57 Å². The van der Waals surface area contributed by atoms with E-state index in [-0.39, 0.29) is 24.2 Å². The van der Waals surface area contributed by atoms with Gasteiger partial charge >= 0.3 is 0 Å². The quantitative estimate of drug-likeness (QED) is 0.714. The van der Waals surface area contributed by atoms with Gasteiger partial charge in [-0.1, -0.05) is 18.2 Å². The van der Waals surface area contributed by atoms with Crippen molar-refractivity contribution in [3.8, 4) is 0 Å². The lowest BCUT2D eigenvalue weighted by atomic mass is 9.97. The van der Waals surface area contributed by atoms with Gasteiger partial charge in [-0.25, -0.2) is 0 Å². The number of aromatic nitrogens is 1. The van der Waals surface area contributed by atoms with E-state index in [0.29, 0.717) is 0 Å². The predicted octanol–water partition coefficient (Wildman–Crippen LogP) is 1.65. The summed E-state index contributed by atoms with van der Waals surface area (Å²) in [5.74, 6) is -0.525. The molecule has 1 aliphatic rings. The Morgan fingerprint density at radius 2 is 1.89 bits per heavy atom. The number of hydrogen-bond acceptors (Lipinski definition) is 2. The highest BCUT2D eigenvalue weighted by molar-refractivity contribution is 6.07. The number of carbonyl (C=O) groups excluding carboxylic acids is 2. The number of carbonyl (C=O) groups is 2. The third-order valence-corrected chi connectivity index (χ3v) is 3.68. The maximum absolute atomic E-state index is 12.1. The minimum Gasteiger partial charge on any atom is -0.350 e. The molecule has 0 spiro atoms. The molecule has 3 rings (SSSR count). The summed E-state index contributed by atoms with van der Waals surface area (Å²) in [6, 6.07) is 7.95. The van der Waals surface area contributed by atoms with Crippen molar-refractivity contribution in [3.05, 3.63) is 36.0 Å². The van der Waals surface area contributed by atoms with E-state index in [4.69, 9.17) is 0 Å². The van der Waals surface area contributed by atoms with Crippen LogP contribution in [0.1, 0.15) is 17.9 Å². The van der Waals surface area contributed by atoms with Gasteiger partial charge in [0.2, 0.25) is 11.8 Å². The molecule has 1 aromatic carbocycles. The van der Waals surface area contributed by atoms with Crippen molar-refractivity contribution < 1.29 is 9.59 Å². The van der Waals surface area contributed by atoms with E-state index in [1.807, 2.05) is 42.1 Å². The minimum absolute atomic E-state index is 0.0991. The molecular weight excluding hydrogens is 228 g/mol. The first-order valence-electron chi connectivity index (χ1n) is 5.94. The van der Waals surface area contributed by atoms with Crippen LogP contribution in [-0.2, 0) is 16.6 Å². The van der Waals surface area contributed by atoms with E-state index in [9.17, 15) is 9.59 Å². The van der Waals surface area contributed by atoms with E-state index in [2.05, 4.69) is 0 Å². The van der Waals surface area contributed by atoms with Crippen molar-refractivity contribution in [1.82, 2.24) is 9.47 Å². The zero-order chi connectivity index (χ0) is 12.9. The molecule has 2 aromatic rings. The normalized spacial score (nSPS) is 20.1. The fraction of sp³-hybridized carbons (Fsp3) is 0.286. The molecule has 4 nitrogen and oxygen atoms in total. The van der Waals surface area contributed by atoms with E-state index in [1.54, 1.807) is 7.05 Å². The van der Waals surface area contributed by atoms with Gasteiger partial charge in [0.15, 0.2) is 0 Å². The molecule has 1 saturated heterocycles. The Kier molecular flexibility index (Phi) is 2.26. The van der Waals surface area contributed by atoms with Crippen LogP contribution in [0.5, 0.6) is 0 Å². The molecule has 92 valence electrons. The maximum Gasteiger partial charge on any atom is 0.237 e. The number of likely N-dealkylation sites (tertiary alicyclic amines) is 1. The highest BCUT2D eigenvalue weighted by atomic mass is 16.2. The zero-order valence-corrected chi connectivity index (χ0v) is 10.4. The van der Waals surface area contributed by atoms with Crippen molar-refractivity contribution in [2.24, 2.45) is 7.05 Å². The average Bonchev–Trinajstić information content (AvgIpc) is 2.83. The molecule has 2 heterocycles. The number of likely N-dealkylation sites (N-methyl/N-ethyl adjacent to an activating group) is 1. The van der Waals surface area contributed by atoms with E-state index >= 15 is 0 Å². The van der Waals surface area contributed by atoms with Crippen molar-refractivity contribution >= 4 is 22.7 Å². The molecule has 2 amide bonds. The lowest BCUT2D eigenvalue weighted by molar-refractivity contribution is -0.137. The topological polar surface area (TPSA) is 42.3 Å². The molecule has 0 aliphatic carbocycles. The first kappa shape index (κ1) is 11.0. The zero-order valence-electron chi connectivity index (χ0n) is 10.4. The van der Waals surface area contributed by atoms with Gasteiger partial charge in [-0.3, -0.25) is 14.5 Å². The minimum atomic E-state index is -0.325. The fourth-order valence-corrected chi connectivity index (χ4v) is 2.65. The van der Waals surface area contributed by atoms with Crippen LogP contribution in [0, 0.1) is 0 Å². The van der Waals surface area contributed by atoms with Crippen LogP contribution < -0.4 is 0 Å². The second kappa shape index (κ2) is 3.70. The molecule has 0 saturated carbocycles. The van der Waals surface area contributed by atoms with Gasteiger partial charge in [0, 0.05) is 37.6 Å². The molecule has 1 fully saturated rings. The summed E-state index contributed by atoms with van der Waals surface area (Å²) in [5.41, 5.74) is 2.04. The van der Waals surface area contributed by atoms with Crippen LogP contribution in [0.2, 0.25) is 0 Å². The molecule has 1 aromatic heterocycles. The number of hydrogen-bond donors (Lipinski definition) is 0. The third-order valence-electron chi connectivity index (χ3n) is 3.68. The summed E-state index contributed by atoms with van der Waals surface area (Å²) >= 11 is 0. The van der Waals surface area contributed by atoms with E-state index in [0.717, 1.165) is 16.5 Å². The molecule has 1 unspecified atom stereocenters. The molecule has 0 radical (unpaired) electrons. The molecule has 0 N–H and O–H groups in total. The van der Waals surface area contributed by atoms with Crippen LogP contribution in [0.25, 0.3) is 10.9 Å². The largest absolute Gasteiger partial charge is 0.350 e. The van der Waals surface area contributed by atoms with Gasteiger partial charge in [-0.15, -0.1) is 0 Å². The highest BCUT2D eigenvalue weighted by Gasteiger charge is 2.38. The Bertz CT molecular complexity index is 657. The van der Waals surface area contributed by atoms with Gasteiger partial charge in [0.05, 0.1) is 5.92 Å². The molecule has 0 bridgehead atoms. The lowest BCUT2D eigenvalue weighted by Gasteiger charge is -2.07. The predicted molar refractivity (Wildman–Crippen MR) is 68.1 cm³/mol.